The molecule has 8 nitrogen and oxygen atoms in total. The molecule has 0 radical (unpaired) electrons. The molecule has 0 aliphatic carbocycles. The van der Waals surface area contributed by atoms with Crippen LogP contribution in [0.1, 0.15) is 25.0 Å². The molecule has 3 rings (SSSR count). The number of guanidine groups is 1. The maximum absolute atomic E-state index is 5.85. The predicted octanol–water partition coefficient (Wildman–Crippen LogP) is 1.52. The Balaban J connectivity index is 1.32. The van der Waals surface area contributed by atoms with E-state index in [0.29, 0.717) is 5.92 Å². The first kappa shape index (κ1) is 23.1. The molecule has 1 aromatic rings. The van der Waals surface area contributed by atoms with Crippen LogP contribution in [0.15, 0.2) is 27.8 Å². The fourth-order valence-electron chi connectivity index (χ4n) is 3.61. The quantitative estimate of drug-likeness (QED) is 0.300. The Labute approximate surface area is 180 Å². The fraction of sp³-hybridized carbons (Fsp3) is 0.773. The molecule has 1 aromatic heterocycles. The molecule has 0 spiro atoms. The Hall–Kier alpha value is -1.61. The summed E-state index contributed by atoms with van der Waals surface area (Å²) < 4.78 is 22.1. The molecule has 0 bridgehead atoms. The maximum Gasteiger partial charge on any atom is 0.191 e. The van der Waals surface area contributed by atoms with Crippen LogP contribution in [0.3, 0.4) is 0 Å². The van der Waals surface area contributed by atoms with E-state index in [1.165, 1.54) is 0 Å². The van der Waals surface area contributed by atoms with Crippen LogP contribution in [0.5, 0.6) is 0 Å². The van der Waals surface area contributed by atoms with E-state index < -0.39 is 0 Å². The van der Waals surface area contributed by atoms with Gasteiger partial charge in [0.2, 0.25) is 0 Å². The molecule has 0 amide bonds. The Bertz CT molecular complexity index is 570. The van der Waals surface area contributed by atoms with E-state index in [-0.39, 0.29) is 0 Å². The van der Waals surface area contributed by atoms with E-state index >= 15 is 0 Å². The molecule has 30 heavy (non-hydrogen) atoms. The van der Waals surface area contributed by atoms with Gasteiger partial charge in [-0.25, -0.2) is 0 Å². The van der Waals surface area contributed by atoms with Crippen molar-refractivity contribution in [1.82, 2.24) is 15.5 Å². The number of nitrogens with zero attached hydrogens (tertiary/aromatic N) is 2. The summed E-state index contributed by atoms with van der Waals surface area (Å²) in [5.41, 5.74) is 0. The highest BCUT2D eigenvalue weighted by Gasteiger charge is 2.13. The molecular weight excluding hydrogens is 384 g/mol. The highest BCUT2D eigenvalue weighted by Crippen LogP contribution is 2.14. The summed E-state index contributed by atoms with van der Waals surface area (Å²) in [6.07, 6.45) is 5.72. The summed E-state index contributed by atoms with van der Waals surface area (Å²) in [5, 5.41) is 6.88. The number of rotatable bonds is 12. The third-order valence-electron chi connectivity index (χ3n) is 5.48. The topological polar surface area (TPSA) is 80.5 Å². The van der Waals surface area contributed by atoms with Crippen molar-refractivity contribution in [3.05, 3.63) is 24.2 Å². The normalized spacial score (nSPS) is 19.1. The highest BCUT2D eigenvalue weighted by molar-refractivity contribution is 5.79. The van der Waals surface area contributed by atoms with E-state index in [4.69, 9.17) is 23.6 Å². The average Bonchev–Trinajstić information content (AvgIpc) is 3.31. The first-order chi connectivity index (χ1) is 14.9. The Kier molecular flexibility index (Phi) is 11.1. The van der Waals surface area contributed by atoms with E-state index in [1.54, 1.807) is 6.26 Å². The molecule has 0 unspecified atom stereocenters. The second-order valence-corrected chi connectivity index (χ2v) is 7.85. The van der Waals surface area contributed by atoms with Crippen molar-refractivity contribution in [2.45, 2.75) is 25.7 Å². The van der Waals surface area contributed by atoms with E-state index in [1.807, 2.05) is 12.1 Å². The number of morpholine rings is 1. The van der Waals surface area contributed by atoms with Crippen LogP contribution >= 0.6 is 0 Å². The number of hydrogen-bond donors (Lipinski definition) is 2. The molecule has 2 N–H and O–H groups in total. The largest absolute Gasteiger partial charge is 0.469 e. The maximum atomic E-state index is 5.85. The van der Waals surface area contributed by atoms with Crippen molar-refractivity contribution in [2.24, 2.45) is 10.9 Å². The first-order valence-corrected chi connectivity index (χ1v) is 11.4. The average molecular weight is 423 g/mol. The molecule has 2 saturated heterocycles. The smallest absolute Gasteiger partial charge is 0.191 e. The van der Waals surface area contributed by atoms with Gasteiger partial charge in [-0.05, 0) is 37.3 Å². The van der Waals surface area contributed by atoms with Crippen molar-refractivity contribution < 1.29 is 18.6 Å². The van der Waals surface area contributed by atoms with Gasteiger partial charge in [-0.1, -0.05) is 0 Å². The lowest BCUT2D eigenvalue weighted by molar-refractivity contribution is 0.0205. The van der Waals surface area contributed by atoms with Gasteiger partial charge in [0, 0.05) is 72.1 Å². The number of nitrogens with one attached hydrogen (secondary N) is 2. The van der Waals surface area contributed by atoms with Crippen LogP contribution < -0.4 is 10.6 Å². The van der Waals surface area contributed by atoms with Crippen molar-refractivity contribution in [3.63, 3.8) is 0 Å². The van der Waals surface area contributed by atoms with Crippen LogP contribution in [0.2, 0.25) is 0 Å². The van der Waals surface area contributed by atoms with Gasteiger partial charge in [-0.3, -0.25) is 9.89 Å². The van der Waals surface area contributed by atoms with Gasteiger partial charge in [0.1, 0.15) is 5.76 Å². The zero-order valence-electron chi connectivity index (χ0n) is 18.2. The molecule has 170 valence electrons. The number of furan rings is 1. The van der Waals surface area contributed by atoms with Gasteiger partial charge < -0.3 is 29.3 Å². The number of ether oxygens (including phenoxy) is 3. The summed E-state index contributed by atoms with van der Waals surface area (Å²) in [6.45, 7) is 10.4. The molecule has 0 saturated carbocycles. The highest BCUT2D eigenvalue weighted by atomic mass is 16.5. The minimum atomic E-state index is 0.655. The van der Waals surface area contributed by atoms with Crippen molar-refractivity contribution in [2.75, 3.05) is 78.9 Å². The zero-order chi connectivity index (χ0) is 20.7. The summed E-state index contributed by atoms with van der Waals surface area (Å²) in [4.78, 5) is 7.15. The standard InChI is InChI=1S/C22H38N4O4/c1-3-21(30-14-1)4-8-24-22(25-9-10-26-11-17-28-18-12-26)23-7-2-13-29-19-20-5-15-27-16-6-20/h1,3,14,20H,2,4-13,15-19H2,(H2,23,24,25). The lowest BCUT2D eigenvalue weighted by atomic mass is 10.0. The van der Waals surface area contributed by atoms with Crippen LogP contribution in [0, 0.1) is 5.92 Å². The van der Waals surface area contributed by atoms with E-state index in [0.717, 1.165) is 116 Å². The van der Waals surface area contributed by atoms with E-state index in [9.17, 15) is 0 Å². The predicted molar refractivity (Wildman–Crippen MR) is 117 cm³/mol. The second-order valence-electron chi connectivity index (χ2n) is 7.85. The Morgan fingerprint density at radius 1 is 1.10 bits per heavy atom. The third kappa shape index (κ3) is 9.47. The molecule has 2 aliphatic heterocycles. The second kappa shape index (κ2) is 14.4. The van der Waals surface area contributed by atoms with Crippen molar-refractivity contribution >= 4 is 5.96 Å². The summed E-state index contributed by atoms with van der Waals surface area (Å²) in [5.74, 6) is 2.50. The third-order valence-corrected chi connectivity index (χ3v) is 5.48. The van der Waals surface area contributed by atoms with Gasteiger partial charge in [0.25, 0.3) is 0 Å². The van der Waals surface area contributed by atoms with Gasteiger partial charge in [-0.2, -0.15) is 0 Å². The van der Waals surface area contributed by atoms with Gasteiger partial charge >= 0.3 is 0 Å². The van der Waals surface area contributed by atoms with Crippen molar-refractivity contribution in [1.29, 1.82) is 0 Å². The van der Waals surface area contributed by atoms with Gasteiger partial charge in [0.05, 0.1) is 19.5 Å². The van der Waals surface area contributed by atoms with E-state index in [2.05, 4.69) is 15.5 Å². The zero-order valence-corrected chi connectivity index (χ0v) is 18.2. The molecule has 0 atom stereocenters. The lowest BCUT2D eigenvalue weighted by Crippen LogP contribution is -2.44. The first-order valence-electron chi connectivity index (χ1n) is 11.4. The SMILES string of the molecule is c1coc(CCNC(=NCCCOCC2CCOCC2)NCCN2CCOCC2)c1. The molecule has 3 heterocycles. The molecular formula is C22H38N4O4. The Morgan fingerprint density at radius 3 is 2.70 bits per heavy atom. The van der Waals surface area contributed by atoms with Crippen LogP contribution in [-0.2, 0) is 20.6 Å². The van der Waals surface area contributed by atoms with Crippen LogP contribution in [-0.4, -0.2) is 89.8 Å². The van der Waals surface area contributed by atoms with Crippen LogP contribution in [0.4, 0.5) is 0 Å². The van der Waals surface area contributed by atoms with Crippen LogP contribution in [0.25, 0.3) is 0 Å². The fourth-order valence-corrected chi connectivity index (χ4v) is 3.61. The molecule has 2 aliphatic rings. The van der Waals surface area contributed by atoms with Gasteiger partial charge in [0.15, 0.2) is 5.96 Å². The number of hydrogen-bond acceptors (Lipinski definition) is 6. The molecule has 8 heteroatoms. The molecule has 2 fully saturated rings. The molecule has 0 aromatic carbocycles. The van der Waals surface area contributed by atoms with Gasteiger partial charge in [-0.15, -0.1) is 0 Å². The van der Waals surface area contributed by atoms with Crippen molar-refractivity contribution in [3.8, 4) is 0 Å². The summed E-state index contributed by atoms with van der Waals surface area (Å²) in [6, 6.07) is 3.92. The minimum Gasteiger partial charge on any atom is -0.469 e. The monoisotopic (exact) mass is 422 g/mol. The summed E-state index contributed by atoms with van der Waals surface area (Å²) >= 11 is 0. The Morgan fingerprint density at radius 2 is 1.90 bits per heavy atom. The minimum absolute atomic E-state index is 0.655. The lowest BCUT2D eigenvalue weighted by Gasteiger charge is -2.26. The number of aliphatic imine (C=N–C) groups is 1. The summed E-state index contributed by atoms with van der Waals surface area (Å²) in [7, 11) is 0.